The van der Waals surface area contributed by atoms with E-state index in [0.29, 0.717) is 6.20 Å². The highest BCUT2D eigenvalue weighted by atomic mass is 35.5. The molecule has 0 saturated carbocycles. The van der Waals surface area contributed by atoms with Gasteiger partial charge in [-0.15, -0.1) is 0 Å². The van der Waals surface area contributed by atoms with Gasteiger partial charge in [0.05, 0.1) is 11.3 Å². The molecule has 1 heterocycles. The molecular weight excluding hydrogens is 309 g/mol. The number of nitrogens with one attached hydrogen (secondary N) is 1. The van der Waals surface area contributed by atoms with Crippen molar-refractivity contribution in [1.29, 1.82) is 0 Å². The minimum atomic E-state index is -4.67. The van der Waals surface area contributed by atoms with Gasteiger partial charge in [0.15, 0.2) is 0 Å². The smallest absolute Gasteiger partial charge is 0.366 e. The predicted molar refractivity (Wildman–Crippen MR) is 70.3 cm³/mol. The van der Waals surface area contributed by atoms with Gasteiger partial charge < -0.3 is 11.1 Å². The Kier molecular flexibility index (Phi) is 3.99. The molecule has 3 N–H and O–H groups in total. The molecule has 1 aromatic carbocycles. The molecular formula is C12H8ClF3N4O. The summed E-state index contributed by atoms with van der Waals surface area (Å²) < 4.78 is 38.7. The zero-order valence-corrected chi connectivity index (χ0v) is 11.0. The van der Waals surface area contributed by atoms with Crippen molar-refractivity contribution < 1.29 is 18.0 Å². The summed E-state index contributed by atoms with van der Waals surface area (Å²) in [6.45, 7) is 0. The molecule has 110 valence electrons. The summed E-state index contributed by atoms with van der Waals surface area (Å²) in [5.74, 6) is -1.34. The molecule has 0 aliphatic carbocycles. The largest absolute Gasteiger partial charge is 0.421 e. The molecule has 0 atom stereocenters. The number of alkyl halides is 3. The molecule has 0 aliphatic heterocycles. The number of nitrogens with two attached hydrogens (primary N) is 1. The fourth-order valence-corrected chi connectivity index (χ4v) is 1.73. The maximum Gasteiger partial charge on any atom is 0.421 e. The molecule has 0 saturated heterocycles. The van der Waals surface area contributed by atoms with Crippen molar-refractivity contribution in [2.75, 3.05) is 5.32 Å². The molecule has 1 aromatic heterocycles. The summed E-state index contributed by atoms with van der Waals surface area (Å²) in [7, 11) is 0. The average molecular weight is 317 g/mol. The minimum absolute atomic E-state index is 0.0281. The van der Waals surface area contributed by atoms with Gasteiger partial charge in [0.1, 0.15) is 11.4 Å². The first kappa shape index (κ1) is 15.0. The lowest BCUT2D eigenvalue weighted by Gasteiger charge is -2.14. The molecule has 1 amide bonds. The lowest BCUT2D eigenvalue weighted by molar-refractivity contribution is -0.137. The van der Waals surface area contributed by atoms with Gasteiger partial charge in [-0.2, -0.15) is 18.2 Å². The van der Waals surface area contributed by atoms with Gasteiger partial charge >= 0.3 is 6.18 Å². The number of aromatic nitrogens is 2. The van der Waals surface area contributed by atoms with Crippen molar-refractivity contribution in [1.82, 2.24) is 9.97 Å². The number of para-hydroxylation sites is 1. The van der Waals surface area contributed by atoms with Gasteiger partial charge in [-0.1, -0.05) is 12.1 Å². The number of hydrogen-bond donors (Lipinski definition) is 2. The number of carbonyl (C=O) groups excluding carboxylic acids is 1. The summed E-state index contributed by atoms with van der Waals surface area (Å²) >= 11 is 5.51. The minimum Gasteiger partial charge on any atom is -0.366 e. The Morgan fingerprint density at radius 1 is 1.29 bits per heavy atom. The third-order valence-electron chi connectivity index (χ3n) is 2.51. The van der Waals surface area contributed by atoms with Crippen molar-refractivity contribution in [3.63, 3.8) is 0 Å². The molecule has 21 heavy (non-hydrogen) atoms. The molecule has 0 unspecified atom stereocenters. The maximum absolute atomic E-state index is 12.9. The summed E-state index contributed by atoms with van der Waals surface area (Å²) in [6, 6.07) is 5.84. The molecule has 0 radical (unpaired) electrons. The molecule has 9 heteroatoms. The molecule has 0 fully saturated rings. The first-order chi connectivity index (χ1) is 9.79. The lowest BCUT2D eigenvalue weighted by Crippen LogP contribution is -2.15. The first-order valence-corrected chi connectivity index (χ1v) is 5.92. The number of carbonyl (C=O) groups is 1. The van der Waals surface area contributed by atoms with Crippen LogP contribution in [0.4, 0.5) is 24.7 Å². The Hall–Kier alpha value is -2.35. The number of amides is 1. The number of nitrogens with zero attached hydrogens (tertiary/aromatic N) is 2. The van der Waals surface area contributed by atoms with Crippen LogP contribution in [0.5, 0.6) is 0 Å². The van der Waals surface area contributed by atoms with E-state index >= 15 is 0 Å². The van der Waals surface area contributed by atoms with Gasteiger partial charge in [-0.3, -0.25) is 4.79 Å². The Labute approximate surface area is 122 Å². The van der Waals surface area contributed by atoms with Gasteiger partial charge in [-0.25, -0.2) is 4.98 Å². The molecule has 0 bridgehead atoms. The second kappa shape index (κ2) is 5.57. The third-order valence-corrected chi connectivity index (χ3v) is 2.69. The van der Waals surface area contributed by atoms with Crippen LogP contribution in [-0.2, 0) is 6.18 Å². The van der Waals surface area contributed by atoms with Crippen LogP contribution in [-0.4, -0.2) is 15.9 Å². The number of benzene rings is 1. The Morgan fingerprint density at radius 2 is 1.95 bits per heavy atom. The SMILES string of the molecule is NC(=O)c1ccccc1Nc1nc(Cl)ncc1C(F)(F)F. The monoisotopic (exact) mass is 316 g/mol. The van der Waals surface area contributed by atoms with Crippen LogP contribution in [0, 0.1) is 0 Å². The lowest BCUT2D eigenvalue weighted by atomic mass is 10.1. The van der Waals surface area contributed by atoms with Crippen LogP contribution in [0.15, 0.2) is 30.5 Å². The summed E-state index contributed by atoms with van der Waals surface area (Å²) in [6.07, 6.45) is -4.11. The average Bonchev–Trinajstić information content (AvgIpc) is 2.37. The van der Waals surface area contributed by atoms with Crippen molar-refractivity contribution in [2.45, 2.75) is 6.18 Å². The van der Waals surface area contributed by atoms with Crippen molar-refractivity contribution >= 4 is 29.0 Å². The van der Waals surface area contributed by atoms with Crippen LogP contribution in [0.2, 0.25) is 5.28 Å². The van der Waals surface area contributed by atoms with Crippen LogP contribution in [0.25, 0.3) is 0 Å². The van der Waals surface area contributed by atoms with Gasteiger partial charge in [0.25, 0.3) is 5.91 Å². The van der Waals surface area contributed by atoms with Crippen LogP contribution < -0.4 is 11.1 Å². The number of primary amides is 1. The topological polar surface area (TPSA) is 80.9 Å². The predicted octanol–water partition coefficient (Wildman–Crippen LogP) is 2.99. The normalized spacial score (nSPS) is 11.2. The Balaban J connectivity index is 2.49. The van der Waals surface area contributed by atoms with Crippen LogP contribution in [0.1, 0.15) is 15.9 Å². The van der Waals surface area contributed by atoms with E-state index in [1.807, 2.05) is 0 Å². The molecule has 0 aliphatic rings. The van der Waals surface area contributed by atoms with E-state index in [4.69, 9.17) is 17.3 Å². The molecule has 2 aromatic rings. The fraction of sp³-hybridized carbons (Fsp3) is 0.0833. The first-order valence-electron chi connectivity index (χ1n) is 5.54. The number of halogens is 4. The van der Waals surface area contributed by atoms with E-state index in [2.05, 4.69) is 15.3 Å². The second-order valence-electron chi connectivity index (χ2n) is 3.93. The quantitative estimate of drug-likeness (QED) is 0.853. The van der Waals surface area contributed by atoms with E-state index in [1.165, 1.54) is 24.3 Å². The van der Waals surface area contributed by atoms with E-state index in [9.17, 15) is 18.0 Å². The molecule has 0 spiro atoms. The zero-order chi connectivity index (χ0) is 15.6. The highest BCUT2D eigenvalue weighted by Crippen LogP contribution is 2.35. The maximum atomic E-state index is 12.9. The van der Waals surface area contributed by atoms with Crippen LogP contribution >= 0.6 is 11.6 Å². The van der Waals surface area contributed by atoms with E-state index in [0.717, 1.165) is 0 Å². The number of rotatable bonds is 3. The summed E-state index contributed by atoms with van der Waals surface area (Å²) in [5, 5.41) is 2.05. The number of anilines is 2. The van der Waals surface area contributed by atoms with E-state index < -0.39 is 23.5 Å². The summed E-state index contributed by atoms with van der Waals surface area (Å²) in [4.78, 5) is 18.1. The zero-order valence-electron chi connectivity index (χ0n) is 10.3. The van der Waals surface area contributed by atoms with E-state index in [-0.39, 0.29) is 16.5 Å². The fourth-order valence-electron chi connectivity index (χ4n) is 1.60. The standard InChI is InChI=1S/C12H8ClF3N4O/c13-11-18-5-7(12(14,15)16)10(20-11)19-8-4-2-1-3-6(8)9(17)21/h1-5H,(H2,17,21)(H,18,19,20). The van der Waals surface area contributed by atoms with Crippen molar-refractivity contribution in [3.8, 4) is 0 Å². The third kappa shape index (κ3) is 3.40. The van der Waals surface area contributed by atoms with Gasteiger partial charge in [0.2, 0.25) is 5.28 Å². The highest BCUT2D eigenvalue weighted by Gasteiger charge is 2.35. The van der Waals surface area contributed by atoms with Gasteiger partial charge in [0, 0.05) is 6.20 Å². The number of hydrogen-bond acceptors (Lipinski definition) is 4. The van der Waals surface area contributed by atoms with E-state index in [1.54, 1.807) is 0 Å². The van der Waals surface area contributed by atoms with Gasteiger partial charge in [-0.05, 0) is 23.7 Å². The second-order valence-corrected chi connectivity index (χ2v) is 4.27. The Bertz CT molecular complexity index is 690. The Morgan fingerprint density at radius 3 is 2.57 bits per heavy atom. The van der Waals surface area contributed by atoms with Crippen molar-refractivity contribution in [3.05, 3.63) is 46.9 Å². The molecule has 2 rings (SSSR count). The van der Waals surface area contributed by atoms with Crippen LogP contribution in [0.3, 0.4) is 0 Å². The molecule has 5 nitrogen and oxygen atoms in total. The summed E-state index contributed by atoms with van der Waals surface area (Å²) in [5.41, 5.74) is 4.17. The highest BCUT2D eigenvalue weighted by molar-refractivity contribution is 6.28. The van der Waals surface area contributed by atoms with Crippen molar-refractivity contribution in [2.24, 2.45) is 5.73 Å².